The Hall–Kier alpha value is -1.02. The van der Waals surface area contributed by atoms with Gasteiger partial charge in [-0.05, 0) is 18.1 Å². The average molecular weight is 301 g/mol. The molecule has 2 N–H and O–H groups in total. The average Bonchev–Trinajstić information content (AvgIpc) is 2.42. The Labute approximate surface area is 121 Å². The molecule has 1 aromatic heterocycles. The second-order valence-corrected chi connectivity index (χ2v) is 6.50. The first-order valence-corrected chi connectivity index (χ1v) is 8.11. The van der Waals surface area contributed by atoms with Crippen LogP contribution in [0.25, 0.3) is 0 Å². The molecule has 0 spiro atoms. The molecule has 0 aromatic carbocycles. The highest BCUT2D eigenvalue weighted by atomic mass is 32.2. The largest absolute Gasteiger partial charge is 0.385 e. The van der Waals surface area contributed by atoms with Crippen molar-refractivity contribution in [2.24, 2.45) is 0 Å². The summed E-state index contributed by atoms with van der Waals surface area (Å²) in [6, 6.07) is 3.67. The smallest absolute Gasteiger partial charge is 0.258 e. The number of ether oxygens (including phenoxy) is 1. The van der Waals surface area contributed by atoms with E-state index in [1.165, 1.54) is 6.07 Å². The molecule has 0 unspecified atom stereocenters. The topological polar surface area (TPSA) is 80.3 Å². The summed E-state index contributed by atoms with van der Waals surface area (Å²) in [7, 11) is -1.94. The van der Waals surface area contributed by atoms with Crippen LogP contribution in [0.4, 0.5) is 0 Å². The van der Waals surface area contributed by atoms with Crippen LogP contribution in [0.3, 0.4) is 0 Å². The Kier molecular flexibility index (Phi) is 7.08. The summed E-state index contributed by atoms with van der Waals surface area (Å²) in [5.74, 6) is 0. The quantitative estimate of drug-likeness (QED) is 0.662. The van der Waals surface area contributed by atoms with Crippen LogP contribution in [0.2, 0.25) is 0 Å². The maximum atomic E-state index is 11.9. The van der Waals surface area contributed by atoms with E-state index in [1.807, 2.05) is 0 Å². The number of pyridine rings is 1. The first-order valence-electron chi connectivity index (χ1n) is 6.62. The van der Waals surface area contributed by atoms with Crippen molar-refractivity contribution in [1.82, 2.24) is 15.0 Å². The van der Waals surface area contributed by atoms with Crippen LogP contribution in [0, 0.1) is 0 Å². The van der Waals surface area contributed by atoms with Crippen molar-refractivity contribution in [2.45, 2.75) is 37.9 Å². The maximum absolute atomic E-state index is 11.9. The fourth-order valence-electron chi connectivity index (χ4n) is 1.49. The molecule has 0 amide bonds. The van der Waals surface area contributed by atoms with E-state index in [4.69, 9.17) is 4.74 Å². The summed E-state index contributed by atoms with van der Waals surface area (Å²) in [5.41, 5.74) is 0.956. The van der Waals surface area contributed by atoms with Gasteiger partial charge in [0.15, 0.2) is 5.03 Å². The van der Waals surface area contributed by atoms with Crippen LogP contribution in [0.1, 0.15) is 25.8 Å². The van der Waals surface area contributed by atoms with E-state index in [0.29, 0.717) is 32.2 Å². The summed E-state index contributed by atoms with van der Waals surface area (Å²) in [6.07, 6.45) is 2.21. The van der Waals surface area contributed by atoms with E-state index >= 15 is 0 Å². The molecule has 0 aliphatic carbocycles. The zero-order valence-corrected chi connectivity index (χ0v) is 13.0. The predicted molar refractivity (Wildman–Crippen MR) is 77.9 cm³/mol. The fourth-order valence-corrected chi connectivity index (χ4v) is 2.49. The molecule has 1 aromatic rings. The highest BCUT2D eigenvalue weighted by molar-refractivity contribution is 7.89. The van der Waals surface area contributed by atoms with Crippen molar-refractivity contribution in [3.63, 3.8) is 0 Å². The zero-order valence-electron chi connectivity index (χ0n) is 12.2. The van der Waals surface area contributed by atoms with E-state index in [9.17, 15) is 8.42 Å². The standard InChI is InChI=1S/C13H23N3O3S/c1-11(2)14-9-12-5-6-13(15-10-12)20(17,18)16-7-4-8-19-3/h5-6,10-11,14,16H,4,7-9H2,1-3H3. The number of hydrogen-bond acceptors (Lipinski definition) is 5. The number of rotatable bonds is 9. The molecule has 6 nitrogen and oxygen atoms in total. The van der Waals surface area contributed by atoms with Gasteiger partial charge < -0.3 is 10.1 Å². The van der Waals surface area contributed by atoms with E-state index in [-0.39, 0.29) is 5.03 Å². The molecule has 114 valence electrons. The van der Waals surface area contributed by atoms with Gasteiger partial charge in [0.05, 0.1) is 0 Å². The van der Waals surface area contributed by atoms with Gasteiger partial charge in [0.25, 0.3) is 10.0 Å². The maximum Gasteiger partial charge on any atom is 0.258 e. The fraction of sp³-hybridized carbons (Fsp3) is 0.615. The van der Waals surface area contributed by atoms with Crippen LogP contribution in [-0.2, 0) is 21.3 Å². The van der Waals surface area contributed by atoms with Gasteiger partial charge in [0.2, 0.25) is 0 Å². The van der Waals surface area contributed by atoms with Gasteiger partial charge in [-0.25, -0.2) is 18.1 Å². The Bertz CT molecular complexity index is 486. The van der Waals surface area contributed by atoms with E-state index in [1.54, 1.807) is 19.4 Å². The number of hydrogen-bond donors (Lipinski definition) is 2. The minimum Gasteiger partial charge on any atom is -0.385 e. The predicted octanol–water partition coefficient (Wildman–Crippen LogP) is 0.894. The summed E-state index contributed by atoms with van der Waals surface area (Å²) in [4.78, 5) is 4.01. The van der Waals surface area contributed by atoms with Crippen LogP contribution < -0.4 is 10.0 Å². The Morgan fingerprint density at radius 2 is 2.10 bits per heavy atom. The number of methoxy groups -OCH3 is 1. The highest BCUT2D eigenvalue weighted by Crippen LogP contribution is 2.06. The highest BCUT2D eigenvalue weighted by Gasteiger charge is 2.14. The van der Waals surface area contributed by atoms with E-state index in [0.717, 1.165) is 5.56 Å². The van der Waals surface area contributed by atoms with Crippen LogP contribution in [0.15, 0.2) is 23.4 Å². The molecule has 0 bridgehead atoms. The van der Waals surface area contributed by atoms with Crippen molar-refractivity contribution < 1.29 is 13.2 Å². The van der Waals surface area contributed by atoms with Crippen LogP contribution in [0.5, 0.6) is 0 Å². The number of sulfonamides is 1. The monoisotopic (exact) mass is 301 g/mol. The molecular weight excluding hydrogens is 278 g/mol. The van der Waals surface area contributed by atoms with Crippen LogP contribution in [-0.4, -0.2) is 39.7 Å². The minimum atomic E-state index is -3.53. The second-order valence-electron chi connectivity index (χ2n) is 4.78. The first-order chi connectivity index (χ1) is 9.45. The number of aromatic nitrogens is 1. The van der Waals surface area contributed by atoms with Gasteiger partial charge in [-0.15, -0.1) is 0 Å². The molecule has 0 fully saturated rings. The molecule has 20 heavy (non-hydrogen) atoms. The third-order valence-corrected chi connectivity index (χ3v) is 3.98. The van der Waals surface area contributed by atoms with Gasteiger partial charge in [-0.2, -0.15) is 0 Å². The van der Waals surface area contributed by atoms with Crippen molar-refractivity contribution >= 4 is 10.0 Å². The third-order valence-electron chi connectivity index (χ3n) is 2.60. The third kappa shape index (κ3) is 5.96. The molecule has 0 atom stereocenters. The van der Waals surface area contributed by atoms with Gasteiger partial charge in [0, 0.05) is 39.0 Å². The van der Waals surface area contributed by atoms with Crippen molar-refractivity contribution in [3.05, 3.63) is 23.9 Å². The van der Waals surface area contributed by atoms with Crippen molar-refractivity contribution in [3.8, 4) is 0 Å². The summed E-state index contributed by atoms with van der Waals surface area (Å²) in [5, 5.41) is 3.29. The lowest BCUT2D eigenvalue weighted by molar-refractivity contribution is 0.196. The van der Waals surface area contributed by atoms with E-state index in [2.05, 4.69) is 28.9 Å². The molecule has 0 radical (unpaired) electrons. The van der Waals surface area contributed by atoms with Crippen molar-refractivity contribution in [1.29, 1.82) is 0 Å². The van der Waals surface area contributed by atoms with Gasteiger partial charge in [-0.3, -0.25) is 0 Å². The summed E-state index contributed by atoms with van der Waals surface area (Å²) in [6.45, 7) is 5.64. The number of nitrogens with one attached hydrogen (secondary N) is 2. The lowest BCUT2D eigenvalue weighted by Gasteiger charge is -2.09. The lowest BCUT2D eigenvalue weighted by Crippen LogP contribution is -2.26. The van der Waals surface area contributed by atoms with Gasteiger partial charge in [-0.1, -0.05) is 19.9 Å². The molecule has 7 heteroatoms. The molecular formula is C13H23N3O3S. The second kappa shape index (κ2) is 8.31. The van der Waals surface area contributed by atoms with Crippen molar-refractivity contribution in [2.75, 3.05) is 20.3 Å². The molecule has 0 saturated carbocycles. The number of nitrogens with zero attached hydrogens (tertiary/aromatic N) is 1. The molecule has 1 rings (SSSR count). The van der Waals surface area contributed by atoms with Gasteiger partial charge in [0.1, 0.15) is 0 Å². The summed E-state index contributed by atoms with van der Waals surface area (Å²) >= 11 is 0. The lowest BCUT2D eigenvalue weighted by atomic mass is 10.2. The summed E-state index contributed by atoms with van der Waals surface area (Å²) < 4.78 is 31.2. The Balaban J connectivity index is 2.57. The van der Waals surface area contributed by atoms with Crippen LogP contribution >= 0.6 is 0 Å². The Morgan fingerprint density at radius 1 is 1.35 bits per heavy atom. The molecule has 0 aliphatic rings. The SMILES string of the molecule is COCCCNS(=O)(=O)c1ccc(CNC(C)C)cn1. The minimum absolute atomic E-state index is 0.0446. The zero-order chi connectivity index (χ0) is 15.0. The van der Waals surface area contributed by atoms with E-state index < -0.39 is 10.0 Å². The first kappa shape index (κ1) is 17.0. The molecule has 0 aliphatic heterocycles. The molecule has 0 saturated heterocycles. The normalized spacial score (nSPS) is 12.0. The van der Waals surface area contributed by atoms with Gasteiger partial charge >= 0.3 is 0 Å². The molecule has 1 heterocycles. The Morgan fingerprint density at radius 3 is 2.65 bits per heavy atom.